The van der Waals surface area contributed by atoms with E-state index in [9.17, 15) is 4.39 Å². The zero-order chi connectivity index (χ0) is 13.0. The Morgan fingerprint density at radius 1 is 1.33 bits per heavy atom. The van der Waals surface area contributed by atoms with Crippen LogP contribution in [0.3, 0.4) is 0 Å². The molecule has 0 saturated heterocycles. The first-order chi connectivity index (χ1) is 8.70. The fourth-order valence-corrected chi connectivity index (χ4v) is 1.40. The molecule has 0 atom stereocenters. The molecule has 6 heteroatoms. The SMILES string of the molecule is N#Cc1nccnc1NCc1ccc(O)c(F)c1. The molecule has 5 nitrogen and oxygen atoms in total. The van der Waals surface area contributed by atoms with Crippen LogP contribution in [0.15, 0.2) is 30.6 Å². The Morgan fingerprint density at radius 2 is 2.11 bits per heavy atom. The molecule has 0 aliphatic carbocycles. The number of phenols is 1. The zero-order valence-corrected chi connectivity index (χ0v) is 9.26. The highest BCUT2D eigenvalue weighted by molar-refractivity contribution is 5.47. The molecular formula is C12H9FN4O. The van der Waals surface area contributed by atoms with E-state index in [1.165, 1.54) is 24.5 Å². The largest absolute Gasteiger partial charge is 0.505 e. The molecule has 0 aliphatic rings. The molecule has 0 spiro atoms. The molecule has 1 heterocycles. The van der Waals surface area contributed by atoms with Gasteiger partial charge in [-0.25, -0.2) is 14.4 Å². The lowest BCUT2D eigenvalue weighted by Gasteiger charge is -2.06. The minimum Gasteiger partial charge on any atom is -0.505 e. The topological polar surface area (TPSA) is 81.8 Å². The van der Waals surface area contributed by atoms with Crippen molar-refractivity contribution in [1.82, 2.24) is 9.97 Å². The molecular weight excluding hydrogens is 235 g/mol. The average Bonchev–Trinajstić information content (AvgIpc) is 2.40. The molecule has 0 unspecified atom stereocenters. The van der Waals surface area contributed by atoms with Gasteiger partial charge >= 0.3 is 0 Å². The summed E-state index contributed by atoms with van der Waals surface area (Å²) < 4.78 is 13.1. The molecule has 90 valence electrons. The Morgan fingerprint density at radius 3 is 2.83 bits per heavy atom. The molecule has 18 heavy (non-hydrogen) atoms. The van der Waals surface area contributed by atoms with Gasteiger partial charge in [-0.3, -0.25) is 0 Å². The summed E-state index contributed by atoms with van der Waals surface area (Å²) in [5.74, 6) is -0.738. The monoisotopic (exact) mass is 244 g/mol. The van der Waals surface area contributed by atoms with E-state index in [-0.39, 0.29) is 12.2 Å². The van der Waals surface area contributed by atoms with Gasteiger partial charge in [-0.15, -0.1) is 0 Å². The van der Waals surface area contributed by atoms with Crippen molar-refractivity contribution in [1.29, 1.82) is 5.26 Å². The molecule has 1 aromatic carbocycles. The Hall–Kier alpha value is -2.68. The van der Waals surface area contributed by atoms with Gasteiger partial charge in [-0.2, -0.15) is 5.26 Å². The summed E-state index contributed by atoms with van der Waals surface area (Å²) >= 11 is 0. The highest BCUT2D eigenvalue weighted by atomic mass is 19.1. The number of nitrogens with one attached hydrogen (secondary N) is 1. The zero-order valence-electron chi connectivity index (χ0n) is 9.26. The lowest BCUT2D eigenvalue weighted by atomic mass is 10.2. The second kappa shape index (κ2) is 5.10. The average molecular weight is 244 g/mol. The molecule has 0 saturated carbocycles. The van der Waals surface area contributed by atoms with Crippen LogP contribution in [0.25, 0.3) is 0 Å². The van der Waals surface area contributed by atoms with Gasteiger partial charge in [0.2, 0.25) is 0 Å². The van der Waals surface area contributed by atoms with Gasteiger partial charge < -0.3 is 10.4 Å². The molecule has 0 amide bonds. The van der Waals surface area contributed by atoms with E-state index in [1.807, 2.05) is 6.07 Å². The fraction of sp³-hybridized carbons (Fsp3) is 0.0833. The second-order valence-corrected chi connectivity index (χ2v) is 3.50. The Balaban J connectivity index is 2.12. The Bertz CT molecular complexity index is 609. The third-order valence-corrected chi connectivity index (χ3v) is 2.28. The van der Waals surface area contributed by atoms with Crippen LogP contribution in [0.5, 0.6) is 5.75 Å². The van der Waals surface area contributed by atoms with E-state index in [4.69, 9.17) is 10.4 Å². The predicted octanol–water partition coefficient (Wildman–Crippen LogP) is 1.81. The van der Waals surface area contributed by atoms with Crippen molar-refractivity contribution in [3.05, 3.63) is 47.7 Å². The number of hydrogen-bond donors (Lipinski definition) is 2. The molecule has 2 aromatic rings. The highest BCUT2D eigenvalue weighted by Crippen LogP contribution is 2.17. The highest BCUT2D eigenvalue weighted by Gasteiger charge is 2.05. The smallest absolute Gasteiger partial charge is 0.182 e. The molecule has 2 N–H and O–H groups in total. The lowest BCUT2D eigenvalue weighted by molar-refractivity contribution is 0.432. The quantitative estimate of drug-likeness (QED) is 0.860. The van der Waals surface area contributed by atoms with Crippen LogP contribution in [0.2, 0.25) is 0 Å². The van der Waals surface area contributed by atoms with Crippen LogP contribution < -0.4 is 5.32 Å². The number of benzene rings is 1. The molecule has 0 radical (unpaired) electrons. The van der Waals surface area contributed by atoms with E-state index < -0.39 is 11.6 Å². The van der Waals surface area contributed by atoms with Crippen molar-refractivity contribution in [3.63, 3.8) is 0 Å². The van der Waals surface area contributed by atoms with Crippen molar-refractivity contribution < 1.29 is 9.50 Å². The van der Waals surface area contributed by atoms with Crippen LogP contribution in [-0.2, 0) is 6.54 Å². The van der Waals surface area contributed by atoms with Gasteiger partial charge in [0.15, 0.2) is 23.1 Å². The normalized spacial score (nSPS) is 9.78. The molecule has 1 aromatic heterocycles. The van der Waals surface area contributed by atoms with Crippen LogP contribution in [0.4, 0.5) is 10.2 Å². The predicted molar refractivity (Wildman–Crippen MR) is 62.1 cm³/mol. The van der Waals surface area contributed by atoms with Crippen LogP contribution in [-0.4, -0.2) is 15.1 Å². The maximum absolute atomic E-state index is 13.1. The van der Waals surface area contributed by atoms with Gasteiger partial charge in [0.1, 0.15) is 6.07 Å². The number of anilines is 1. The number of phenolic OH excluding ortho intramolecular Hbond substituents is 1. The number of nitrogens with zero attached hydrogens (tertiary/aromatic N) is 3. The minimum atomic E-state index is -0.686. The summed E-state index contributed by atoms with van der Waals surface area (Å²) in [5, 5.41) is 20.7. The first-order valence-corrected chi connectivity index (χ1v) is 5.13. The van der Waals surface area contributed by atoms with Crippen LogP contribution >= 0.6 is 0 Å². The standard InChI is InChI=1S/C12H9FN4O/c13-9-5-8(1-2-11(9)18)7-17-12-10(6-14)15-3-4-16-12/h1-5,18H,7H2,(H,16,17). The first-order valence-electron chi connectivity index (χ1n) is 5.13. The van der Waals surface area contributed by atoms with E-state index in [1.54, 1.807) is 6.07 Å². The van der Waals surface area contributed by atoms with E-state index in [0.29, 0.717) is 11.4 Å². The summed E-state index contributed by atoms with van der Waals surface area (Å²) in [7, 11) is 0. The fourth-order valence-electron chi connectivity index (χ4n) is 1.40. The van der Waals surface area contributed by atoms with E-state index >= 15 is 0 Å². The maximum Gasteiger partial charge on any atom is 0.182 e. The maximum atomic E-state index is 13.1. The second-order valence-electron chi connectivity index (χ2n) is 3.50. The number of aromatic nitrogens is 2. The number of halogens is 1. The van der Waals surface area contributed by atoms with E-state index in [2.05, 4.69) is 15.3 Å². The van der Waals surface area contributed by atoms with Crippen LogP contribution in [0.1, 0.15) is 11.3 Å². The van der Waals surface area contributed by atoms with Gasteiger partial charge in [0, 0.05) is 18.9 Å². The van der Waals surface area contributed by atoms with Gasteiger partial charge in [-0.1, -0.05) is 6.07 Å². The third kappa shape index (κ3) is 2.52. The van der Waals surface area contributed by atoms with Crippen molar-refractivity contribution >= 4 is 5.82 Å². The summed E-state index contributed by atoms with van der Waals surface area (Å²) in [6.45, 7) is 0.282. The summed E-state index contributed by atoms with van der Waals surface area (Å²) in [4.78, 5) is 7.81. The Labute approximate surface area is 103 Å². The lowest BCUT2D eigenvalue weighted by Crippen LogP contribution is -2.04. The minimum absolute atomic E-state index is 0.178. The number of aromatic hydroxyl groups is 1. The molecule has 0 bridgehead atoms. The number of rotatable bonds is 3. The van der Waals surface area contributed by atoms with Crippen molar-refractivity contribution in [2.24, 2.45) is 0 Å². The van der Waals surface area contributed by atoms with Gasteiger partial charge in [0.05, 0.1) is 0 Å². The van der Waals surface area contributed by atoms with Crippen LogP contribution in [0, 0.1) is 17.1 Å². The molecule has 2 rings (SSSR count). The summed E-state index contributed by atoms with van der Waals surface area (Å²) in [5.41, 5.74) is 0.802. The van der Waals surface area contributed by atoms with Crippen molar-refractivity contribution in [2.75, 3.05) is 5.32 Å². The Kier molecular flexibility index (Phi) is 3.34. The van der Waals surface area contributed by atoms with Gasteiger partial charge in [-0.05, 0) is 17.7 Å². The molecule has 0 aliphatic heterocycles. The summed E-state index contributed by atoms with van der Waals surface area (Å²) in [6.07, 6.45) is 2.88. The number of hydrogen-bond acceptors (Lipinski definition) is 5. The van der Waals surface area contributed by atoms with E-state index in [0.717, 1.165) is 0 Å². The molecule has 0 fully saturated rings. The third-order valence-electron chi connectivity index (χ3n) is 2.28. The van der Waals surface area contributed by atoms with Gasteiger partial charge in [0.25, 0.3) is 0 Å². The first kappa shape index (κ1) is 11.8. The van der Waals surface area contributed by atoms with Crippen molar-refractivity contribution in [2.45, 2.75) is 6.54 Å². The number of nitriles is 1. The summed E-state index contributed by atoms with van der Waals surface area (Å²) in [6, 6.07) is 5.96. The van der Waals surface area contributed by atoms with Crippen molar-refractivity contribution in [3.8, 4) is 11.8 Å².